The highest BCUT2D eigenvalue weighted by molar-refractivity contribution is 7.07. The fourth-order valence-corrected chi connectivity index (χ4v) is 2.83. The van der Waals surface area contributed by atoms with Gasteiger partial charge >= 0.3 is 0 Å². The third-order valence-electron chi connectivity index (χ3n) is 3.31. The van der Waals surface area contributed by atoms with Gasteiger partial charge in [0, 0.05) is 36.3 Å². The molecule has 1 unspecified atom stereocenters. The van der Waals surface area contributed by atoms with Gasteiger partial charge in [-0.1, -0.05) is 0 Å². The third-order valence-corrected chi connectivity index (χ3v) is 3.89. The number of amides is 1. The molecule has 2 aromatic rings. The molecule has 5 nitrogen and oxygen atoms in total. The number of aryl methyl sites for hydroxylation is 1. The summed E-state index contributed by atoms with van der Waals surface area (Å²) in [5.74, 6) is 1.09. The second-order valence-corrected chi connectivity index (χ2v) is 5.39. The van der Waals surface area contributed by atoms with Crippen molar-refractivity contribution in [3.05, 3.63) is 40.4 Å². The van der Waals surface area contributed by atoms with Crippen molar-refractivity contribution in [2.24, 2.45) is 0 Å². The Hall–Kier alpha value is -1.82. The van der Waals surface area contributed by atoms with Crippen LogP contribution >= 0.6 is 11.3 Å². The first-order valence-corrected chi connectivity index (χ1v) is 7.15. The van der Waals surface area contributed by atoms with Crippen LogP contribution in [0.5, 0.6) is 0 Å². The van der Waals surface area contributed by atoms with E-state index in [1.54, 1.807) is 17.1 Å². The van der Waals surface area contributed by atoms with Gasteiger partial charge < -0.3 is 4.90 Å². The molecule has 6 heteroatoms. The molecule has 3 rings (SSSR count). The van der Waals surface area contributed by atoms with Crippen LogP contribution in [0.1, 0.15) is 34.3 Å². The average molecular weight is 274 g/mol. The van der Waals surface area contributed by atoms with Crippen molar-refractivity contribution >= 4 is 17.2 Å². The normalized spacial score (nSPS) is 18.8. The maximum absolute atomic E-state index is 12.2. The number of thiazole rings is 1. The highest BCUT2D eigenvalue weighted by atomic mass is 32.1. The molecule has 0 N–H and O–H groups in total. The van der Waals surface area contributed by atoms with E-state index in [0.29, 0.717) is 12.2 Å². The van der Waals surface area contributed by atoms with Crippen molar-refractivity contribution in [1.29, 1.82) is 0 Å². The van der Waals surface area contributed by atoms with E-state index in [0.717, 1.165) is 24.5 Å². The molecule has 0 aromatic carbocycles. The van der Waals surface area contributed by atoms with Crippen molar-refractivity contribution in [2.45, 2.75) is 19.3 Å². The molecule has 1 amide bonds. The largest absolute Gasteiger partial charge is 0.337 e. The van der Waals surface area contributed by atoms with Gasteiger partial charge in [0.15, 0.2) is 0 Å². The van der Waals surface area contributed by atoms with Crippen LogP contribution in [0, 0.1) is 6.92 Å². The average Bonchev–Trinajstić information content (AvgIpc) is 3.10. The third kappa shape index (κ3) is 2.49. The summed E-state index contributed by atoms with van der Waals surface area (Å²) in [6.45, 7) is 3.39. The lowest BCUT2D eigenvalue weighted by Crippen LogP contribution is -2.28. The minimum absolute atomic E-state index is 0.0106. The SMILES string of the molecule is Cc1ccnc(C2CCN(C(=O)c3cscn3)C2)n1. The van der Waals surface area contributed by atoms with Gasteiger partial charge in [0.05, 0.1) is 5.51 Å². The van der Waals surface area contributed by atoms with Crippen molar-refractivity contribution in [3.8, 4) is 0 Å². The molecule has 1 atom stereocenters. The molecule has 0 radical (unpaired) electrons. The van der Waals surface area contributed by atoms with Crippen LogP contribution in [0.2, 0.25) is 0 Å². The number of likely N-dealkylation sites (tertiary alicyclic amines) is 1. The first kappa shape index (κ1) is 12.2. The zero-order valence-electron chi connectivity index (χ0n) is 10.6. The second-order valence-electron chi connectivity index (χ2n) is 4.67. The number of aromatic nitrogens is 3. The first-order chi connectivity index (χ1) is 9.24. The van der Waals surface area contributed by atoms with Gasteiger partial charge in [0.2, 0.25) is 0 Å². The van der Waals surface area contributed by atoms with E-state index in [4.69, 9.17) is 0 Å². The number of carbonyl (C=O) groups excluding carboxylic acids is 1. The summed E-state index contributed by atoms with van der Waals surface area (Å²) < 4.78 is 0. The molecule has 0 spiro atoms. The minimum Gasteiger partial charge on any atom is -0.337 e. The molecule has 98 valence electrons. The summed E-state index contributed by atoms with van der Waals surface area (Å²) in [5, 5.41) is 1.79. The second kappa shape index (κ2) is 5.05. The van der Waals surface area contributed by atoms with Crippen LogP contribution in [0.15, 0.2) is 23.2 Å². The van der Waals surface area contributed by atoms with E-state index in [2.05, 4.69) is 15.0 Å². The maximum Gasteiger partial charge on any atom is 0.273 e. The maximum atomic E-state index is 12.2. The van der Waals surface area contributed by atoms with Gasteiger partial charge in [-0.25, -0.2) is 15.0 Å². The minimum atomic E-state index is 0.0106. The van der Waals surface area contributed by atoms with Gasteiger partial charge in [-0.15, -0.1) is 11.3 Å². The molecule has 1 aliphatic rings. The molecule has 0 bridgehead atoms. The Morgan fingerprint density at radius 3 is 3.11 bits per heavy atom. The molecule has 19 heavy (non-hydrogen) atoms. The van der Waals surface area contributed by atoms with Gasteiger partial charge in [0.25, 0.3) is 5.91 Å². The molecule has 0 saturated carbocycles. The van der Waals surface area contributed by atoms with E-state index < -0.39 is 0 Å². The molecular weight excluding hydrogens is 260 g/mol. The zero-order valence-corrected chi connectivity index (χ0v) is 11.4. The quantitative estimate of drug-likeness (QED) is 0.839. The molecule has 2 aromatic heterocycles. The Morgan fingerprint density at radius 2 is 2.37 bits per heavy atom. The number of hydrogen-bond acceptors (Lipinski definition) is 5. The Morgan fingerprint density at radius 1 is 1.47 bits per heavy atom. The predicted molar refractivity (Wildman–Crippen MR) is 72.1 cm³/mol. The summed E-state index contributed by atoms with van der Waals surface area (Å²) in [7, 11) is 0. The highest BCUT2D eigenvalue weighted by Crippen LogP contribution is 2.25. The number of nitrogens with zero attached hydrogens (tertiary/aromatic N) is 4. The molecular formula is C13H14N4OS. The summed E-state index contributed by atoms with van der Waals surface area (Å²) in [4.78, 5) is 26.9. The lowest BCUT2D eigenvalue weighted by Gasteiger charge is -2.14. The molecule has 3 heterocycles. The van der Waals surface area contributed by atoms with Gasteiger partial charge in [-0.3, -0.25) is 4.79 Å². The van der Waals surface area contributed by atoms with Crippen LogP contribution in [0.25, 0.3) is 0 Å². The van der Waals surface area contributed by atoms with Crippen molar-refractivity contribution in [2.75, 3.05) is 13.1 Å². The van der Waals surface area contributed by atoms with Crippen LogP contribution in [-0.4, -0.2) is 38.8 Å². The smallest absolute Gasteiger partial charge is 0.273 e. The van der Waals surface area contributed by atoms with Gasteiger partial charge in [0.1, 0.15) is 11.5 Å². The van der Waals surface area contributed by atoms with Crippen LogP contribution in [0.3, 0.4) is 0 Å². The summed E-state index contributed by atoms with van der Waals surface area (Å²) in [6.07, 6.45) is 2.70. The number of carbonyl (C=O) groups is 1. The topological polar surface area (TPSA) is 59.0 Å². The fraction of sp³-hybridized carbons (Fsp3) is 0.385. The number of hydrogen-bond donors (Lipinski definition) is 0. The van der Waals surface area contributed by atoms with Crippen LogP contribution in [-0.2, 0) is 0 Å². The highest BCUT2D eigenvalue weighted by Gasteiger charge is 2.30. The van der Waals surface area contributed by atoms with Crippen LogP contribution in [0.4, 0.5) is 0 Å². The predicted octanol–water partition coefficient (Wildman–Crippen LogP) is 1.87. The zero-order chi connectivity index (χ0) is 13.2. The lowest BCUT2D eigenvalue weighted by molar-refractivity contribution is 0.0785. The molecule has 1 saturated heterocycles. The summed E-state index contributed by atoms with van der Waals surface area (Å²) in [6, 6.07) is 1.89. The Kier molecular flexibility index (Phi) is 3.25. The lowest BCUT2D eigenvalue weighted by atomic mass is 10.1. The van der Waals surface area contributed by atoms with E-state index in [-0.39, 0.29) is 11.8 Å². The van der Waals surface area contributed by atoms with E-state index >= 15 is 0 Å². The first-order valence-electron chi connectivity index (χ1n) is 6.21. The van der Waals surface area contributed by atoms with Crippen molar-refractivity contribution < 1.29 is 4.79 Å². The van der Waals surface area contributed by atoms with E-state index in [1.807, 2.05) is 17.9 Å². The van der Waals surface area contributed by atoms with Gasteiger partial charge in [-0.2, -0.15) is 0 Å². The van der Waals surface area contributed by atoms with E-state index in [9.17, 15) is 4.79 Å². The standard InChI is InChI=1S/C13H14N4OS/c1-9-2-4-14-12(16-9)10-3-5-17(6-10)13(18)11-7-19-8-15-11/h2,4,7-8,10H,3,5-6H2,1H3. The molecule has 1 aliphatic heterocycles. The Bertz CT molecular complexity index is 584. The fourth-order valence-electron chi connectivity index (χ4n) is 2.30. The van der Waals surface area contributed by atoms with E-state index in [1.165, 1.54) is 11.3 Å². The summed E-state index contributed by atoms with van der Waals surface area (Å²) >= 11 is 1.44. The Labute approximate surface area is 115 Å². The molecule has 0 aliphatic carbocycles. The Balaban J connectivity index is 1.72. The summed E-state index contributed by atoms with van der Waals surface area (Å²) in [5.41, 5.74) is 3.19. The van der Waals surface area contributed by atoms with Crippen molar-refractivity contribution in [1.82, 2.24) is 19.9 Å². The van der Waals surface area contributed by atoms with Gasteiger partial charge in [-0.05, 0) is 19.4 Å². The monoisotopic (exact) mass is 274 g/mol. The van der Waals surface area contributed by atoms with Crippen molar-refractivity contribution in [3.63, 3.8) is 0 Å². The van der Waals surface area contributed by atoms with Crippen LogP contribution < -0.4 is 0 Å². The number of rotatable bonds is 2. The molecule has 1 fully saturated rings.